The minimum absolute atomic E-state index is 0.361. The minimum Gasteiger partial charge on any atom is -0.392 e. The summed E-state index contributed by atoms with van der Waals surface area (Å²) < 4.78 is 0. The number of thioether (sulfide) groups is 2. The fraction of sp³-hybridized carbons (Fsp3) is 0.963. The molecule has 0 aliphatic carbocycles. The zero-order chi connectivity index (χ0) is 67.3. The second-order valence-electron chi connectivity index (χ2n) is 29.1. The lowest BCUT2D eigenvalue weighted by molar-refractivity contribution is -0.132. The van der Waals surface area contributed by atoms with Crippen LogP contribution < -0.4 is 0 Å². The lowest BCUT2D eigenvalue weighted by Gasteiger charge is -2.27. The van der Waals surface area contributed by atoms with Gasteiger partial charge in [0, 0.05) is 50.8 Å². The van der Waals surface area contributed by atoms with Gasteiger partial charge in [-0.2, -0.15) is 0 Å². The molecule has 0 aromatic carbocycles. The van der Waals surface area contributed by atoms with E-state index in [-0.39, 0.29) is 0 Å². The predicted molar refractivity (Wildman–Crippen MR) is 406 cm³/mol. The summed E-state index contributed by atoms with van der Waals surface area (Å²) in [4.78, 5) is 44.9. The molecule has 11 heteroatoms. The van der Waals surface area contributed by atoms with E-state index in [1.165, 1.54) is 315 Å². The first-order valence-electron chi connectivity index (χ1n) is 41.0. The molecule has 9 nitrogen and oxygen atoms in total. The topological polar surface area (TPSA) is 139 Å². The first-order valence-corrected chi connectivity index (χ1v) is 43.0. The number of nitrogens with zero attached hydrogens (tertiary/aromatic N) is 2. The van der Waals surface area contributed by atoms with Crippen LogP contribution in [-0.2, 0) is 14.4 Å². The molecule has 0 aliphatic heterocycles. The maximum atomic E-state index is 13.8. The van der Waals surface area contributed by atoms with Crippen LogP contribution in [0.4, 0.5) is 0 Å². The number of aliphatic hydroxyl groups excluding tert-OH is 4. The Morgan fingerprint density at radius 1 is 0.261 bits per heavy atom. The van der Waals surface area contributed by atoms with Crippen molar-refractivity contribution in [2.24, 2.45) is 5.92 Å². The monoisotopic (exact) mass is 1340 g/mol. The van der Waals surface area contributed by atoms with E-state index >= 15 is 0 Å². The van der Waals surface area contributed by atoms with Crippen molar-refractivity contribution in [3.05, 3.63) is 0 Å². The predicted octanol–water partition coefficient (Wildman–Crippen LogP) is 23.2. The molecule has 4 unspecified atom stereocenters. The van der Waals surface area contributed by atoms with Gasteiger partial charge in [0.1, 0.15) is 5.78 Å². The summed E-state index contributed by atoms with van der Waals surface area (Å²) in [6, 6.07) is 0. The lowest BCUT2D eigenvalue weighted by atomic mass is 10.0. The minimum atomic E-state index is -1.36. The first-order chi connectivity index (χ1) is 45.0. The van der Waals surface area contributed by atoms with Crippen LogP contribution in [0.1, 0.15) is 420 Å². The van der Waals surface area contributed by atoms with Gasteiger partial charge < -0.3 is 20.4 Å². The summed E-state index contributed by atoms with van der Waals surface area (Å²) in [5.74, 6) is -1.09. The molecule has 0 heterocycles. The van der Waals surface area contributed by atoms with E-state index in [9.17, 15) is 34.8 Å². The summed E-state index contributed by atoms with van der Waals surface area (Å²) in [5, 5.41) is 44.4. The number of hydrogen-bond acceptors (Lipinski definition) is 11. The van der Waals surface area contributed by atoms with E-state index in [2.05, 4.69) is 37.5 Å². The van der Waals surface area contributed by atoms with Gasteiger partial charge in [-0.25, -0.2) is 0 Å². The molecule has 0 spiro atoms. The van der Waals surface area contributed by atoms with Crippen LogP contribution in [0.3, 0.4) is 0 Å². The third-order valence-electron chi connectivity index (χ3n) is 19.6. The highest BCUT2D eigenvalue weighted by Crippen LogP contribution is 2.24. The summed E-state index contributed by atoms with van der Waals surface area (Å²) >= 11 is 2.04. The Hall–Kier alpha value is -0.530. The van der Waals surface area contributed by atoms with Gasteiger partial charge in [0.05, 0.1) is 24.4 Å². The van der Waals surface area contributed by atoms with E-state index in [0.29, 0.717) is 76.5 Å². The Morgan fingerprint density at radius 3 is 0.565 bits per heavy atom. The summed E-state index contributed by atoms with van der Waals surface area (Å²) in [5.41, 5.74) is 0. The van der Waals surface area contributed by atoms with Gasteiger partial charge in [-0.3, -0.25) is 24.2 Å². The van der Waals surface area contributed by atoms with Crippen LogP contribution in [0.15, 0.2) is 0 Å². The Morgan fingerprint density at radius 2 is 0.413 bits per heavy atom. The molecular formula is C81H160N2O7S2. The van der Waals surface area contributed by atoms with Gasteiger partial charge >= 0.3 is 0 Å². The fourth-order valence-electron chi connectivity index (χ4n) is 13.5. The highest BCUT2D eigenvalue weighted by Gasteiger charge is 2.32. The molecule has 0 radical (unpaired) electrons. The van der Waals surface area contributed by atoms with Crippen molar-refractivity contribution >= 4 is 39.5 Å². The highest BCUT2D eigenvalue weighted by atomic mass is 32.2. The van der Waals surface area contributed by atoms with E-state index in [1.54, 1.807) is 0 Å². The Balaban J connectivity index is 5.37. The van der Waals surface area contributed by atoms with Crippen molar-refractivity contribution in [1.82, 2.24) is 9.80 Å². The molecule has 92 heavy (non-hydrogen) atoms. The number of aliphatic hydroxyl groups is 4. The third kappa shape index (κ3) is 65.4. The molecule has 0 amide bonds. The lowest BCUT2D eigenvalue weighted by Crippen LogP contribution is -2.40. The largest absolute Gasteiger partial charge is 0.392 e. The van der Waals surface area contributed by atoms with Crippen molar-refractivity contribution in [2.75, 3.05) is 50.8 Å². The van der Waals surface area contributed by atoms with Crippen LogP contribution in [0, 0.1) is 5.92 Å². The van der Waals surface area contributed by atoms with Crippen LogP contribution in [-0.4, -0.2) is 121 Å². The zero-order valence-electron chi connectivity index (χ0n) is 62.2. The number of ketones is 1. The molecular weight excluding hydrogens is 1180 g/mol. The average Bonchev–Trinajstić information content (AvgIpc) is 1.88. The van der Waals surface area contributed by atoms with E-state index in [4.69, 9.17) is 0 Å². The normalized spacial score (nSPS) is 13.6. The highest BCUT2D eigenvalue weighted by molar-refractivity contribution is 8.15. The number of rotatable bonds is 77. The standard InChI is InChI=1S/C81H160N2O7S2/c1-6-10-14-18-22-26-30-34-38-42-46-50-54-58-62-75(85)70-82(71-76(86)63-59-55-51-47-43-39-35-31-27-23-19-15-11-7-2)66-68-91-80(89)79(74(5)84)81(90)92-69-67-83(72-77(87)64-60-56-52-48-44-40-36-32-28-24-20-16-12-8-3)73-78(88)65-61-57-53-49-45-41-37-33-29-25-21-17-13-9-4/h75-79,85-88H,6-73H2,1-5H3. The maximum absolute atomic E-state index is 13.8. The third-order valence-corrected chi connectivity index (χ3v) is 21.4. The maximum Gasteiger partial charge on any atom is 0.207 e. The molecule has 0 aromatic heterocycles. The van der Waals surface area contributed by atoms with Crippen LogP contribution >= 0.6 is 23.5 Å². The SMILES string of the molecule is CCCCCCCCCCCCCCCCC(O)CN(CCSC(=O)C(C(C)=O)C(=O)SCCN(CC(O)CCCCCCCCCCCCCCCC)CC(O)CCCCCCCCCCCCCCCC)CC(O)CCCCCCCCCCCCCCCC. The van der Waals surface area contributed by atoms with Gasteiger partial charge in [-0.15, -0.1) is 0 Å². The number of carbonyl (C=O) groups excluding carboxylic acids is 3. The summed E-state index contributed by atoms with van der Waals surface area (Å²) in [6.45, 7) is 13.1. The van der Waals surface area contributed by atoms with Gasteiger partial charge in [-0.05, 0) is 32.6 Å². The Kier molecular flexibility index (Phi) is 72.8. The zero-order valence-corrected chi connectivity index (χ0v) is 63.8. The summed E-state index contributed by atoms with van der Waals surface area (Å²) in [7, 11) is 0. The summed E-state index contributed by atoms with van der Waals surface area (Å²) in [6.07, 6.45) is 73.0. The molecule has 0 aliphatic rings. The van der Waals surface area contributed by atoms with Crippen LogP contribution in [0.25, 0.3) is 0 Å². The average molecular weight is 1340 g/mol. The van der Waals surface area contributed by atoms with Crippen molar-refractivity contribution in [3.8, 4) is 0 Å². The molecule has 4 N–H and O–H groups in total. The van der Waals surface area contributed by atoms with Crippen LogP contribution in [0.2, 0.25) is 0 Å². The van der Waals surface area contributed by atoms with E-state index in [0.717, 1.165) is 74.9 Å². The number of hydrogen-bond donors (Lipinski definition) is 4. The van der Waals surface area contributed by atoms with E-state index < -0.39 is 46.3 Å². The first kappa shape index (κ1) is 91.5. The van der Waals surface area contributed by atoms with Crippen molar-refractivity contribution < 1.29 is 34.8 Å². The molecule has 0 fully saturated rings. The van der Waals surface area contributed by atoms with Gasteiger partial charge in [-0.1, -0.05) is 411 Å². The van der Waals surface area contributed by atoms with Crippen molar-refractivity contribution in [1.29, 1.82) is 0 Å². The molecule has 0 bridgehead atoms. The second-order valence-corrected chi connectivity index (χ2v) is 31.3. The molecule has 0 saturated carbocycles. The number of Topliss-reactive ketones (excluding diaryl/α,β-unsaturated/α-hetero) is 1. The fourth-order valence-corrected chi connectivity index (χ4v) is 15.6. The smallest absolute Gasteiger partial charge is 0.207 e. The van der Waals surface area contributed by atoms with Gasteiger partial charge in [0.2, 0.25) is 10.2 Å². The second kappa shape index (κ2) is 73.2. The molecule has 548 valence electrons. The van der Waals surface area contributed by atoms with Crippen LogP contribution in [0.5, 0.6) is 0 Å². The van der Waals surface area contributed by atoms with Gasteiger partial charge in [0.25, 0.3) is 0 Å². The molecule has 0 aromatic rings. The molecule has 0 saturated heterocycles. The molecule has 4 atom stereocenters. The quantitative estimate of drug-likeness (QED) is 0.0342. The number of unbranched alkanes of at least 4 members (excludes halogenated alkanes) is 52. The Labute approximate surface area is 581 Å². The molecule has 0 rings (SSSR count). The number of carbonyl (C=O) groups is 3. The van der Waals surface area contributed by atoms with Gasteiger partial charge in [0.15, 0.2) is 5.92 Å². The van der Waals surface area contributed by atoms with Crippen molar-refractivity contribution in [3.63, 3.8) is 0 Å². The van der Waals surface area contributed by atoms with Crippen molar-refractivity contribution in [2.45, 2.75) is 444 Å². The van der Waals surface area contributed by atoms with E-state index in [1.807, 2.05) is 0 Å². The Bertz CT molecular complexity index is 1340.